The number of aromatic hydroxyl groups is 1. The minimum Gasteiger partial charge on any atom is -0.507 e. The molecule has 0 aliphatic rings. The topological polar surface area (TPSA) is 70.4 Å². The number of carboxylic acids is 1. The van der Waals surface area contributed by atoms with Crippen LogP contribution in [0.25, 0.3) is 20.8 Å². The summed E-state index contributed by atoms with van der Waals surface area (Å²) in [5.74, 6) is -1.39. The molecule has 4 nitrogen and oxygen atoms in total. The summed E-state index contributed by atoms with van der Waals surface area (Å²) in [6, 6.07) is 10.7. The fraction of sp³-hybridized carbons (Fsp3) is 0.0667. The number of carbonyl (C=O) groups is 1. The molecule has 0 spiro atoms. The summed E-state index contributed by atoms with van der Waals surface area (Å²) in [6.07, 6.45) is 0. The molecular formula is C15H11NO3S. The van der Waals surface area contributed by atoms with Gasteiger partial charge < -0.3 is 10.2 Å². The SMILES string of the molecule is Cc1ccccc1-c1nc2cc(C(=O)O)c(O)cc2s1. The van der Waals surface area contributed by atoms with E-state index in [2.05, 4.69) is 4.98 Å². The number of carboxylic acid groups (broad SMARTS) is 1. The van der Waals surface area contributed by atoms with E-state index < -0.39 is 5.97 Å². The molecule has 0 atom stereocenters. The average Bonchev–Trinajstić information content (AvgIpc) is 2.80. The van der Waals surface area contributed by atoms with Gasteiger partial charge in [0.25, 0.3) is 0 Å². The highest BCUT2D eigenvalue weighted by Gasteiger charge is 2.15. The third-order valence-corrected chi connectivity index (χ3v) is 4.16. The Bertz CT molecular complexity index is 823. The summed E-state index contributed by atoms with van der Waals surface area (Å²) in [6.45, 7) is 2.00. The lowest BCUT2D eigenvalue weighted by Crippen LogP contribution is -1.96. The molecule has 5 heteroatoms. The van der Waals surface area contributed by atoms with Gasteiger partial charge in [0.1, 0.15) is 16.3 Å². The number of thiazole rings is 1. The molecule has 3 aromatic rings. The number of hydrogen-bond donors (Lipinski definition) is 2. The van der Waals surface area contributed by atoms with E-state index in [0.717, 1.165) is 20.8 Å². The van der Waals surface area contributed by atoms with E-state index in [1.807, 2.05) is 31.2 Å². The van der Waals surface area contributed by atoms with Crippen LogP contribution in [0.4, 0.5) is 0 Å². The molecule has 20 heavy (non-hydrogen) atoms. The van der Waals surface area contributed by atoms with Gasteiger partial charge in [0.05, 0.1) is 10.2 Å². The Labute approximate surface area is 119 Å². The van der Waals surface area contributed by atoms with E-state index in [-0.39, 0.29) is 11.3 Å². The van der Waals surface area contributed by atoms with Crippen LogP contribution in [-0.4, -0.2) is 21.2 Å². The Morgan fingerprint density at radius 3 is 2.70 bits per heavy atom. The molecule has 0 fully saturated rings. The van der Waals surface area contributed by atoms with Crippen LogP contribution in [0.15, 0.2) is 36.4 Å². The van der Waals surface area contributed by atoms with Crippen LogP contribution >= 0.6 is 11.3 Å². The van der Waals surface area contributed by atoms with Crippen molar-refractivity contribution < 1.29 is 15.0 Å². The van der Waals surface area contributed by atoms with E-state index in [1.165, 1.54) is 23.5 Å². The smallest absolute Gasteiger partial charge is 0.339 e. The number of aryl methyl sites for hydroxylation is 1. The molecule has 3 rings (SSSR count). The maximum atomic E-state index is 11.0. The molecule has 0 bridgehead atoms. The average molecular weight is 285 g/mol. The number of rotatable bonds is 2. The number of hydrogen-bond acceptors (Lipinski definition) is 4. The van der Waals surface area contributed by atoms with Gasteiger partial charge >= 0.3 is 5.97 Å². The van der Waals surface area contributed by atoms with E-state index in [0.29, 0.717) is 5.52 Å². The van der Waals surface area contributed by atoms with Crippen LogP contribution in [-0.2, 0) is 0 Å². The summed E-state index contributed by atoms with van der Waals surface area (Å²) in [5, 5.41) is 19.5. The first-order valence-corrected chi connectivity index (χ1v) is 6.81. The molecule has 0 unspecified atom stereocenters. The molecule has 0 saturated heterocycles. The van der Waals surface area contributed by atoms with Gasteiger partial charge in [-0.1, -0.05) is 24.3 Å². The summed E-state index contributed by atoms with van der Waals surface area (Å²) in [7, 11) is 0. The van der Waals surface area contributed by atoms with Crippen molar-refractivity contribution >= 4 is 27.5 Å². The predicted molar refractivity (Wildman–Crippen MR) is 78.4 cm³/mol. The van der Waals surface area contributed by atoms with Crippen molar-refractivity contribution in [1.29, 1.82) is 0 Å². The standard InChI is InChI=1S/C15H11NO3S/c1-8-4-2-3-5-9(8)14-16-11-6-10(15(18)19)12(17)7-13(11)20-14/h2-7,17H,1H3,(H,18,19). The molecule has 100 valence electrons. The third-order valence-electron chi connectivity index (χ3n) is 3.11. The molecule has 0 radical (unpaired) electrons. The number of aromatic carboxylic acids is 1. The van der Waals surface area contributed by atoms with Crippen molar-refractivity contribution in [1.82, 2.24) is 4.98 Å². The maximum Gasteiger partial charge on any atom is 0.339 e. The van der Waals surface area contributed by atoms with Gasteiger partial charge in [-0.05, 0) is 18.6 Å². The lowest BCUT2D eigenvalue weighted by Gasteiger charge is -1.99. The lowest BCUT2D eigenvalue weighted by atomic mass is 10.1. The van der Waals surface area contributed by atoms with Gasteiger partial charge in [-0.15, -0.1) is 11.3 Å². The minimum atomic E-state index is -1.16. The summed E-state index contributed by atoms with van der Waals surface area (Å²) in [5.41, 5.74) is 2.59. The van der Waals surface area contributed by atoms with Crippen LogP contribution in [0.1, 0.15) is 15.9 Å². The zero-order valence-corrected chi connectivity index (χ0v) is 11.4. The molecule has 0 saturated carbocycles. The maximum absolute atomic E-state index is 11.0. The van der Waals surface area contributed by atoms with Crippen LogP contribution in [0, 0.1) is 6.92 Å². The molecule has 1 heterocycles. The fourth-order valence-electron chi connectivity index (χ4n) is 2.06. The first-order chi connectivity index (χ1) is 9.56. The van der Waals surface area contributed by atoms with Crippen molar-refractivity contribution in [3.05, 3.63) is 47.5 Å². The second kappa shape index (κ2) is 4.61. The van der Waals surface area contributed by atoms with E-state index in [1.54, 1.807) is 0 Å². The van der Waals surface area contributed by atoms with Crippen molar-refractivity contribution in [3.63, 3.8) is 0 Å². The Hall–Kier alpha value is -2.40. The number of benzene rings is 2. The highest BCUT2D eigenvalue weighted by molar-refractivity contribution is 7.21. The first kappa shape index (κ1) is 12.6. The molecular weight excluding hydrogens is 274 g/mol. The monoisotopic (exact) mass is 285 g/mol. The van der Waals surface area contributed by atoms with Gasteiger partial charge in [0, 0.05) is 11.6 Å². The Morgan fingerprint density at radius 1 is 1.25 bits per heavy atom. The summed E-state index contributed by atoms with van der Waals surface area (Å²) < 4.78 is 0.769. The molecule has 2 aromatic carbocycles. The van der Waals surface area contributed by atoms with E-state index in [9.17, 15) is 9.90 Å². The van der Waals surface area contributed by atoms with Gasteiger partial charge in [0.15, 0.2) is 0 Å². The number of phenols is 1. The van der Waals surface area contributed by atoms with Crippen molar-refractivity contribution in [3.8, 4) is 16.3 Å². The lowest BCUT2D eigenvalue weighted by molar-refractivity contribution is 0.0694. The molecule has 1 aromatic heterocycles. The number of aromatic nitrogens is 1. The van der Waals surface area contributed by atoms with Crippen LogP contribution in [0.5, 0.6) is 5.75 Å². The second-order valence-corrected chi connectivity index (χ2v) is 5.51. The van der Waals surface area contributed by atoms with Crippen LogP contribution in [0.3, 0.4) is 0 Å². The molecule has 0 amide bonds. The Balaban J connectivity index is 2.21. The number of nitrogens with zero attached hydrogens (tertiary/aromatic N) is 1. The number of fused-ring (bicyclic) bond motifs is 1. The van der Waals surface area contributed by atoms with Crippen LogP contribution in [0.2, 0.25) is 0 Å². The highest BCUT2D eigenvalue weighted by atomic mass is 32.1. The molecule has 0 aliphatic carbocycles. The predicted octanol–water partition coefficient (Wildman–Crippen LogP) is 3.68. The minimum absolute atomic E-state index is 0.126. The third kappa shape index (κ3) is 2.02. The van der Waals surface area contributed by atoms with Crippen molar-refractivity contribution in [2.45, 2.75) is 6.92 Å². The largest absolute Gasteiger partial charge is 0.507 e. The fourth-order valence-corrected chi connectivity index (χ4v) is 3.13. The van der Waals surface area contributed by atoms with Crippen molar-refractivity contribution in [2.75, 3.05) is 0 Å². The zero-order valence-electron chi connectivity index (χ0n) is 10.6. The van der Waals surface area contributed by atoms with Crippen molar-refractivity contribution in [2.24, 2.45) is 0 Å². The first-order valence-electron chi connectivity index (χ1n) is 5.99. The highest BCUT2D eigenvalue weighted by Crippen LogP contribution is 2.34. The summed E-state index contributed by atoms with van der Waals surface area (Å²) in [4.78, 5) is 15.5. The van der Waals surface area contributed by atoms with E-state index >= 15 is 0 Å². The van der Waals surface area contributed by atoms with Crippen LogP contribution < -0.4 is 0 Å². The Kier molecular flexibility index (Phi) is 2.91. The summed E-state index contributed by atoms with van der Waals surface area (Å²) >= 11 is 1.44. The normalized spacial score (nSPS) is 10.8. The molecule has 2 N–H and O–H groups in total. The van der Waals surface area contributed by atoms with Gasteiger partial charge in [-0.2, -0.15) is 0 Å². The Morgan fingerprint density at radius 2 is 2.00 bits per heavy atom. The second-order valence-electron chi connectivity index (χ2n) is 4.48. The zero-order chi connectivity index (χ0) is 14.3. The van der Waals surface area contributed by atoms with Gasteiger partial charge in [-0.25, -0.2) is 9.78 Å². The van der Waals surface area contributed by atoms with E-state index in [4.69, 9.17) is 5.11 Å². The quantitative estimate of drug-likeness (QED) is 0.753. The van der Waals surface area contributed by atoms with Gasteiger partial charge in [0.2, 0.25) is 0 Å². The van der Waals surface area contributed by atoms with Gasteiger partial charge in [-0.3, -0.25) is 0 Å². The molecule has 0 aliphatic heterocycles.